The van der Waals surface area contributed by atoms with Crippen molar-refractivity contribution in [2.45, 2.75) is 25.8 Å². The molecule has 0 spiro atoms. The van der Waals surface area contributed by atoms with Gasteiger partial charge in [0.05, 0.1) is 16.6 Å². The first-order valence-corrected chi connectivity index (χ1v) is 8.37. The number of piperidine rings is 1. The molecule has 3 aromatic rings. The summed E-state index contributed by atoms with van der Waals surface area (Å²) in [6.45, 7) is 3.73. The highest BCUT2D eigenvalue weighted by molar-refractivity contribution is 5.86. The SMILES string of the molecule is Cc1nc2ccccc2n1C1CCN(c2ncc(C(=O)O)cn2)CC1. The molecule has 0 saturated carbocycles. The van der Waals surface area contributed by atoms with Crippen molar-refractivity contribution in [1.82, 2.24) is 19.5 Å². The maximum Gasteiger partial charge on any atom is 0.338 e. The van der Waals surface area contributed by atoms with Crippen LogP contribution in [0.3, 0.4) is 0 Å². The third-order valence-electron chi connectivity index (χ3n) is 4.77. The van der Waals surface area contributed by atoms with Crippen LogP contribution in [0.25, 0.3) is 11.0 Å². The normalized spacial score (nSPS) is 15.6. The Balaban J connectivity index is 1.51. The van der Waals surface area contributed by atoms with Gasteiger partial charge in [0.1, 0.15) is 5.82 Å². The number of benzene rings is 1. The van der Waals surface area contributed by atoms with Gasteiger partial charge in [-0.1, -0.05) is 12.1 Å². The largest absolute Gasteiger partial charge is 0.478 e. The van der Waals surface area contributed by atoms with E-state index in [9.17, 15) is 4.79 Å². The summed E-state index contributed by atoms with van der Waals surface area (Å²) in [5, 5.41) is 8.94. The van der Waals surface area contributed by atoms with E-state index in [-0.39, 0.29) is 5.56 Å². The van der Waals surface area contributed by atoms with E-state index in [1.807, 2.05) is 18.2 Å². The van der Waals surface area contributed by atoms with Gasteiger partial charge in [-0.2, -0.15) is 0 Å². The molecule has 128 valence electrons. The maximum absolute atomic E-state index is 10.9. The lowest BCUT2D eigenvalue weighted by molar-refractivity contribution is 0.0696. The molecule has 7 nitrogen and oxygen atoms in total. The van der Waals surface area contributed by atoms with Gasteiger partial charge in [0.25, 0.3) is 0 Å². The summed E-state index contributed by atoms with van der Waals surface area (Å²) in [4.78, 5) is 26.1. The summed E-state index contributed by atoms with van der Waals surface area (Å²) in [5.74, 6) is 0.630. The Morgan fingerprint density at radius 1 is 1.16 bits per heavy atom. The Hall–Kier alpha value is -2.96. The van der Waals surface area contributed by atoms with E-state index >= 15 is 0 Å². The van der Waals surface area contributed by atoms with Crippen molar-refractivity contribution in [2.24, 2.45) is 0 Å². The number of carboxylic acid groups (broad SMARTS) is 1. The Bertz CT molecular complexity index is 911. The molecule has 25 heavy (non-hydrogen) atoms. The van der Waals surface area contributed by atoms with Gasteiger partial charge in [-0.3, -0.25) is 0 Å². The monoisotopic (exact) mass is 337 g/mol. The summed E-state index contributed by atoms with van der Waals surface area (Å²) in [6, 6.07) is 8.63. The summed E-state index contributed by atoms with van der Waals surface area (Å²) < 4.78 is 2.33. The number of hydrogen-bond donors (Lipinski definition) is 1. The number of aryl methyl sites for hydroxylation is 1. The van der Waals surface area contributed by atoms with Gasteiger partial charge in [0.2, 0.25) is 5.95 Å². The number of imidazole rings is 1. The minimum absolute atomic E-state index is 0.110. The van der Waals surface area contributed by atoms with E-state index < -0.39 is 5.97 Å². The highest BCUT2D eigenvalue weighted by Gasteiger charge is 2.24. The third kappa shape index (κ3) is 2.82. The van der Waals surface area contributed by atoms with Crippen LogP contribution in [0.2, 0.25) is 0 Å². The lowest BCUT2D eigenvalue weighted by Gasteiger charge is -2.33. The van der Waals surface area contributed by atoms with Crippen molar-refractivity contribution in [3.8, 4) is 0 Å². The molecule has 0 bridgehead atoms. The Labute approximate surface area is 145 Å². The van der Waals surface area contributed by atoms with Crippen LogP contribution in [0.1, 0.15) is 35.1 Å². The molecule has 4 rings (SSSR count). The third-order valence-corrected chi connectivity index (χ3v) is 4.77. The van der Waals surface area contributed by atoms with Crippen LogP contribution in [0.15, 0.2) is 36.7 Å². The summed E-state index contributed by atoms with van der Waals surface area (Å²) in [5.41, 5.74) is 2.33. The molecule has 1 saturated heterocycles. The number of anilines is 1. The van der Waals surface area contributed by atoms with Crippen LogP contribution < -0.4 is 4.90 Å². The highest BCUT2D eigenvalue weighted by atomic mass is 16.4. The molecule has 0 atom stereocenters. The van der Waals surface area contributed by atoms with E-state index in [1.165, 1.54) is 17.9 Å². The molecule has 1 aliphatic rings. The first-order chi connectivity index (χ1) is 12.1. The van der Waals surface area contributed by atoms with Gasteiger partial charge < -0.3 is 14.6 Å². The fourth-order valence-electron chi connectivity index (χ4n) is 3.54. The topological polar surface area (TPSA) is 84.1 Å². The minimum Gasteiger partial charge on any atom is -0.478 e. The Morgan fingerprint density at radius 3 is 2.52 bits per heavy atom. The lowest BCUT2D eigenvalue weighted by Crippen LogP contribution is -2.36. The van der Waals surface area contributed by atoms with Crippen LogP contribution in [0, 0.1) is 6.92 Å². The molecular weight excluding hydrogens is 318 g/mol. The smallest absolute Gasteiger partial charge is 0.338 e. The number of carboxylic acids is 1. The zero-order chi connectivity index (χ0) is 17.4. The molecule has 0 unspecified atom stereocenters. The number of aromatic nitrogens is 4. The number of fused-ring (bicyclic) bond motifs is 1. The van der Waals surface area contributed by atoms with Crippen molar-refractivity contribution in [2.75, 3.05) is 18.0 Å². The highest BCUT2D eigenvalue weighted by Crippen LogP contribution is 2.29. The Morgan fingerprint density at radius 2 is 1.84 bits per heavy atom. The lowest BCUT2D eigenvalue weighted by atomic mass is 10.0. The molecule has 1 N–H and O–H groups in total. The fraction of sp³-hybridized carbons (Fsp3) is 0.333. The first kappa shape index (κ1) is 15.6. The standard InChI is InChI=1S/C18H19N5O2/c1-12-21-15-4-2-3-5-16(15)23(12)14-6-8-22(9-7-14)18-19-10-13(11-20-18)17(24)25/h2-5,10-11,14H,6-9H2,1H3,(H,24,25). The van der Waals surface area contributed by atoms with Crippen LogP contribution in [0.4, 0.5) is 5.95 Å². The first-order valence-electron chi connectivity index (χ1n) is 8.37. The molecule has 1 aromatic carbocycles. The average Bonchev–Trinajstić information content (AvgIpc) is 2.97. The van der Waals surface area contributed by atoms with Crippen LogP contribution in [-0.2, 0) is 0 Å². The second-order valence-electron chi connectivity index (χ2n) is 6.31. The summed E-state index contributed by atoms with van der Waals surface area (Å²) in [7, 11) is 0. The molecule has 0 radical (unpaired) electrons. The number of aromatic carboxylic acids is 1. The predicted molar refractivity (Wildman–Crippen MR) is 93.9 cm³/mol. The number of carbonyl (C=O) groups is 1. The van der Waals surface area contributed by atoms with Gasteiger partial charge >= 0.3 is 5.97 Å². The number of rotatable bonds is 3. The van der Waals surface area contributed by atoms with Gasteiger partial charge in [0, 0.05) is 31.5 Å². The molecule has 0 amide bonds. The molecule has 3 heterocycles. The van der Waals surface area contributed by atoms with Gasteiger partial charge in [-0.05, 0) is 31.9 Å². The quantitative estimate of drug-likeness (QED) is 0.791. The van der Waals surface area contributed by atoms with E-state index in [4.69, 9.17) is 5.11 Å². The zero-order valence-electron chi connectivity index (χ0n) is 14.0. The van der Waals surface area contributed by atoms with Crippen molar-refractivity contribution in [1.29, 1.82) is 0 Å². The van der Waals surface area contributed by atoms with Crippen molar-refractivity contribution >= 4 is 23.0 Å². The van der Waals surface area contributed by atoms with Gasteiger partial charge in [-0.15, -0.1) is 0 Å². The van der Waals surface area contributed by atoms with Crippen molar-refractivity contribution in [3.05, 3.63) is 48.0 Å². The summed E-state index contributed by atoms with van der Waals surface area (Å²) in [6.07, 6.45) is 4.69. The number of para-hydroxylation sites is 2. The number of nitrogens with zero attached hydrogens (tertiary/aromatic N) is 5. The van der Waals surface area contributed by atoms with Gasteiger partial charge in [0.15, 0.2) is 0 Å². The average molecular weight is 337 g/mol. The molecular formula is C18H19N5O2. The molecule has 0 aliphatic carbocycles. The minimum atomic E-state index is -1.01. The van der Waals surface area contributed by atoms with Crippen molar-refractivity contribution in [3.63, 3.8) is 0 Å². The van der Waals surface area contributed by atoms with Gasteiger partial charge in [-0.25, -0.2) is 19.7 Å². The summed E-state index contributed by atoms with van der Waals surface area (Å²) >= 11 is 0. The van der Waals surface area contributed by atoms with Crippen LogP contribution >= 0.6 is 0 Å². The fourth-order valence-corrected chi connectivity index (χ4v) is 3.54. The van der Waals surface area contributed by atoms with E-state index in [2.05, 4.69) is 37.4 Å². The number of hydrogen-bond acceptors (Lipinski definition) is 5. The van der Waals surface area contributed by atoms with E-state index in [1.54, 1.807) is 0 Å². The van der Waals surface area contributed by atoms with Crippen molar-refractivity contribution < 1.29 is 9.90 Å². The van der Waals surface area contributed by atoms with E-state index in [0.717, 1.165) is 37.3 Å². The van der Waals surface area contributed by atoms with Crippen LogP contribution in [0.5, 0.6) is 0 Å². The predicted octanol–water partition coefficient (Wildman–Crippen LogP) is 2.67. The second-order valence-corrected chi connectivity index (χ2v) is 6.31. The molecule has 7 heteroatoms. The molecule has 1 fully saturated rings. The van der Waals surface area contributed by atoms with Crippen LogP contribution in [-0.4, -0.2) is 43.7 Å². The second kappa shape index (κ2) is 6.16. The maximum atomic E-state index is 10.9. The Kier molecular flexibility index (Phi) is 3.83. The molecule has 2 aromatic heterocycles. The molecule has 1 aliphatic heterocycles. The zero-order valence-corrected chi connectivity index (χ0v) is 14.0. The van der Waals surface area contributed by atoms with E-state index in [0.29, 0.717) is 12.0 Å².